The normalized spacial score (nSPS) is 26.8. The second-order valence-electron chi connectivity index (χ2n) is 12.4. The molecule has 0 spiro atoms. The van der Waals surface area contributed by atoms with Crippen molar-refractivity contribution >= 4 is 11.8 Å². The zero-order valence-corrected chi connectivity index (χ0v) is 23.6. The van der Waals surface area contributed by atoms with Crippen molar-refractivity contribution in [3.8, 4) is 0 Å². The minimum absolute atomic E-state index is 0.0934. The third kappa shape index (κ3) is 5.43. The molecule has 212 valence electrons. The molecular formula is C35H40N4O2. The van der Waals surface area contributed by atoms with Crippen molar-refractivity contribution in [3.63, 3.8) is 0 Å². The number of carbonyl (C=O) groups is 2. The number of hydrogen-bond acceptors (Lipinski definition) is 4. The van der Waals surface area contributed by atoms with E-state index in [2.05, 4.69) is 88.0 Å². The van der Waals surface area contributed by atoms with Gasteiger partial charge in [0, 0.05) is 13.1 Å². The van der Waals surface area contributed by atoms with E-state index < -0.39 is 0 Å². The first-order valence-electron chi connectivity index (χ1n) is 15.5. The van der Waals surface area contributed by atoms with E-state index in [1.807, 2.05) is 0 Å². The summed E-state index contributed by atoms with van der Waals surface area (Å²) in [7, 11) is 0. The Labute approximate surface area is 242 Å². The Bertz CT molecular complexity index is 1450. The SMILES string of the molecule is O=C(NC1CCCc2ccccc21)C1Cc2ccc(C3CN[C@H](C(=O)N[C@@H]4CCCc5ccccc54)C3)cc2CN1. The van der Waals surface area contributed by atoms with Crippen molar-refractivity contribution in [1.82, 2.24) is 21.3 Å². The largest absolute Gasteiger partial charge is 0.348 e. The van der Waals surface area contributed by atoms with Gasteiger partial charge in [-0.2, -0.15) is 0 Å². The van der Waals surface area contributed by atoms with Gasteiger partial charge in [0.1, 0.15) is 0 Å². The van der Waals surface area contributed by atoms with Crippen LogP contribution in [0.3, 0.4) is 0 Å². The predicted octanol–water partition coefficient (Wildman–Crippen LogP) is 4.53. The number of benzene rings is 3. The number of carbonyl (C=O) groups excluding carboxylic acids is 2. The first kappa shape index (κ1) is 26.4. The molecule has 2 aliphatic heterocycles. The van der Waals surface area contributed by atoms with Crippen LogP contribution in [0.1, 0.15) is 89.0 Å². The summed E-state index contributed by atoms with van der Waals surface area (Å²) in [6.07, 6.45) is 7.92. The number of aryl methyl sites for hydroxylation is 2. The first-order chi connectivity index (χ1) is 20.1. The third-order valence-electron chi connectivity index (χ3n) is 9.80. The second-order valence-corrected chi connectivity index (χ2v) is 12.4. The molecule has 1 saturated heterocycles. The second kappa shape index (κ2) is 11.4. The average Bonchev–Trinajstić information content (AvgIpc) is 3.52. The quantitative estimate of drug-likeness (QED) is 0.378. The minimum Gasteiger partial charge on any atom is -0.348 e. The van der Waals surface area contributed by atoms with Gasteiger partial charge < -0.3 is 21.3 Å². The van der Waals surface area contributed by atoms with Crippen LogP contribution in [0.4, 0.5) is 0 Å². The average molecular weight is 549 g/mol. The van der Waals surface area contributed by atoms with Crippen LogP contribution in [0, 0.1) is 0 Å². The van der Waals surface area contributed by atoms with E-state index in [4.69, 9.17) is 0 Å². The molecule has 3 unspecified atom stereocenters. The number of nitrogens with one attached hydrogen (secondary N) is 4. The molecule has 2 aliphatic carbocycles. The van der Waals surface area contributed by atoms with Gasteiger partial charge in [0.2, 0.25) is 11.8 Å². The van der Waals surface area contributed by atoms with Crippen LogP contribution < -0.4 is 21.3 Å². The molecule has 3 aromatic rings. The summed E-state index contributed by atoms with van der Waals surface area (Å²) in [4.78, 5) is 26.5. The predicted molar refractivity (Wildman–Crippen MR) is 160 cm³/mol. The Hall–Kier alpha value is -3.48. The number of rotatable bonds is 5. The lowest BCUT2D eigenvalue weighted by Gasteiger charge is -2.30. The van der Waals surface area contributed by atoms with Crippen molar-refractivity contribution in [2.45, 2.75) is 88.0 Å². The maximum Gasteiger partial charge on any atom is 0.237 e. The van der Waals surface area contributed by atoms with Crippen LogP contribution in [0.15, 0.2) is 66.7 Å². The van der Waals surface area contributed by atoms with Gasteiger partial charge in [0.25, 0.3) is 0 Å². The highest BCUT2D eigenvalue weighted by molar-refractivity contribution is 5.83. The zero-order chi connectivity index (χ0) is 27.8. The van der Waals surface area contributed by atoms with Gasteiger partial charge in [-0.25, -0.2) is 0 Å². The van der Waals surface area contributed by atoms with Gasteiger partial charge in [0.05, 0.1) is 24.2 Å². The summed E-state index contributed by atoms with van der Waals surface area (Å²) >= 11 is 0. The summed E-state index contributed by atoms with van der Waals surface area (Å²) in [6.45, 7) is 1.49. The number of hydrogen-bond donors (Lipinski definition) is 4. The highest BCUT2D eigenvalue weighted by Crippen LogP contribution is 2.33. The molecule has 1 fully saturated rings. The molecule has 5 atom stereocenters. The molecule has 0 saturated carbocycles. The van der Waals surface area contributed by atoms with Gasteiger partial charge in [-0.3, -0.25) is 9.59 Å². The van der Waals surface area contributed by atoms with Crippen molar-refractivity contribution < 1.29 is 9.59 Å². The zero-order valence-electron chi connectivity index (χ0n) is 23.6. The monoisotopic (exact) mass is 548 g/mol. The van der Waals surface area contributed by atoms with Gasteiger partial charge in [-0.15, -0.1) is 0 Å². The van der Waals surface area contributed by atoms with Crippen molar-refractivity contribution in [1.29, 1.82) is 0 Å². The van der Waals surface area contributed by atoms with E-state index in [9.17, 15) is 9.59 Å². The Kier molecular flexibility index (Phi) is 7.36. The molecule has 7 rings (SSSR count). The highest BCUT2D eigenvalue weighted by atomic mass is 16.2. The van der Waals surface area contributed by atoms with Gasteiger partial charge in [-0.05, 0) is 96.2 Å². The van der Waals surface area contributed by atoms with Gasteiger partial charge >= 0.3 is 0 Å². The van der Waals surface area contributed by atoms with E-state index >= 15 is 0 Å². The molecule has 0 aromatic heterocycles. The van der Waals surface area contributed by atoms with Crippen LogP contribution in [-0.4, -0.2) is 30.4 Å². The first-order valence-corrected chi connectivity index (χ1v) is 15.5. The Morgan fingerprint density at radius 1 is 0.683 bits per heavy atom. The van der Waals surface area contributed by atoms with E-state index in [1.54, 1.807) is 0 Å². The van der Waals surface area contributed by atoms with Crippen molar-refractivity contribution in [3.05, 3.63) is 106 Å². The molecular weight excluding hydrogens is 508 g/mol. The molecule has 4 aliphatic rings. The molecule has 2 heterocycles. The number of fused-ring (bicyclic) bond motifs is 3. The molecule has 41 heavy (non-hydrogen) atoms. The maximum atomic E-state index is 13.3. The van der Waals surface area contributed by atoms with Gasteiger partial charge in [-0.1, -0.05) is 66.7 Å². The summed E-state index contributed by atoms with van der Waals surface area (Å²) in [5.41, 5.74) is 9.06. The molecule has 3 aromatic carbocycles. The van der Waals surface area contributed by atoms with E-state index in [0.717, 1.165) is 51.5 Å². The standard InChI is InChI=1S/C35H40N4O2/c40-34(38-30-13-5-9-22-7-1-3-11-28(22)30)32-18-25-16-15-24(17-26(25)20-36-32)27-19-33(37-21-27)35(41)39-31-14-6-10-23-8-2-4-12-29(23)31/h1-4,7-8,11-12,15-17,27,30-33,36-37H,5-6,9-10,13-14,18-21H2,(H,38,40)(H,39,41)/t27?,30?,31-,32?,33+/m1/s1. The van der Waals surface area contributed by atoms with Crippen LogP contribution in [0.5, 0.6) is 0 Å². The summed E-state index contributed by atoms with van der Waals surface area (Å²) in [5.74, 6) is 0.515. The third-order valence-corrected chi connectivity index (χ3v) is 9.80. The lowest BCUT2D eigenvalue weighted by atomic mass is 9.86. The van der Waals surface area contributed by atoms with E-state index in [1.165, 1.54) is 38.9 Å². The Morgan fingerprint density at radius 3 is 2.00 bits per heavy atom. The molecule has 4 N–H and O–H groups in total. The van der Waals surface area contributed by atoms with Crippen molar-refractivity contribution in [2.75, 3.05) is 6.54 Å². The van der Waals surface area contributed by atoms with Crippen LogP contribution in [0.25, 0.3) is 0 Å². The Balaban J connectivity index is 0.957. The van der Waals surface area contributed by atoms with Crippen LogP contribution >= 0.6 is 0 Å². The lowest BCUT2D eigenvalue weighted by Crippen LogP contribution is -2.48. The summed E-state index contributed by atoms with van der Waals surface area (Å²) < 4.78 is 0. The molecule has 0 radical (unpaired) electrons. The van der Waals surface area contributed by atoms with Gasteiger partial charge in [0.15, 0.2) is 0 Å². The van der Waals surface area contributed by atoms with E-state index in [0.29, 0.717) is 18.9 Å². The molecule has 0 bridgehead atoms. The summed E-state index contributed by atoms with van der Waals surface area (Å²) in [6, 6.07) is 23.5. The van der Waals surface area contributed by atoms with Crippen LogP contribution in [-0.2, 0) is 35.4 Å². The summed E-state index contributed by atoms with van der Waals surface area (Å²) in [5, 5.41) is 13.7. The van der Waals surface area contributed by atoms with Crippen molar-refractivity contribution in [2.24, 2.45) is 0 Å². The highest BCUT2D eigenvalue weighted by Gasteiger charge is 2.33. The molecule has 2 amide bonds. The Morgan fingerprint density at radius 2 is 1.32 bits per heavy atom. The van der Waals surface area contributed by atoms with E-state index in [-0.39, 0.29) is 36.0 Å². The molecule has 6 heteroatoms. The lowest BCUT2D eigenvalue weighted by molar-refractivity contribution is -0.124. The fraction of sp³-hybridized carbons (Fsp3) is 0.429. The minimum atomic E-state index is -0.214. The fourth-order valence-electron chi connectivity index (χ4n) is 7.52. The number of amides is 2. The maximum absolute atomic E-state index is 13.3. The smallest absolute Gasteiger partial charge is 0.237 e. The topological polar surface area (TPSA) is 82.3 Å². The fourth-order valence-corrected chi connectivity index (χ4v) is 7.52. The molecule has 6 nitrogen and oxygen atoms in total. The van der Waals surface area contributed by atoms with Crippen LogP contribution in [0.2, 0.25) is 0 Å².